The minimum Gasteiger partial charge on any atom is -0.494 e. The molecule has 0 radical (unpaired) electrons. The maximum absolute atomic E-state index is 9.20. The first-order valence-corrected chi connectivity index (χ1v) is 12.2. The summed E-state index contributed by atoms with van der Waals surface area (Å²) in [7, 11) is -0.927. The fourth-order valence-electron chi connectivity index (χ4n) is 2.30. The van der Waals surface area contributed by atoms with Crippen molar-refractivity contribution in [3.05, 3.63) is 29.8 Å². The quantitative estimate of drug-likeness (QED) is 0.428. The van der Waals surface area contributed by atoms with Crippen molar-refractivity contribution in [3.8, 4) is 5.75 Å². The summed E-state index contributed by atoms with van der Waals surface area (Å²) < 4.78 is 5.77. The van der Waals surface area contributed by atoms with E-state index < -0.39 is 13.6 Å². The summed E-state index contributed by atoms with van der Waals surface area (Å²) in [5, 5.41) is 18.4. The molecule has 0 spiro atoms. The zero-order valence-corrected chi connectivity index (χ0v) is 15.8. The molecule has 0 atom stereocenters. The Balaban J connectivity index is 2.31. The number of aliphatic hydroxyl groups excluding tert-OH is 2. The fraction of sp³-hybridized carbons (Fsp3) is 0.667. The second-order valence-corrected chi connectivity index (χ2v) is 13.3. The second-order valence-electron chi connectivity index (χ2n) is 7.69. The summed E-state index contributed by atoms with van der Waals surface area (Å²) >= 11 is 0. The van der Waals surface area contributed by atoms with Gasteiger partial charge in [-0.1, -0.05) is 44.2 Å². The predicted molar refractivity (Wildman–Crippen MR) is 98.7 cm³/mol. The topological polar surface area (TPSA) is 75.7 Å². The zero-order valence-electron chi connectivity index (χ0n) is 14.8. The Morgan fingerprint density at radius 2 is 1.65 bits per heavy atom. The SMILES string of the molecule is C[Si](C)(C)CCCCOc1ccc(CCC(N)(CO)CO)cc1. The van der Waals surface area contributed by atoms with Crippen molar-refractivity contribution in [3.63, 3.8) is 0 Å². The average Bonchev–Trinajstić information content (AvgIpc) is 2.52. The average molecular weight is 340 g/mol. The standard InChI is InChI=1S/C18H33NO3Si/c1-23(2,3)13-5-4-12-22-17-8-6-16(7-9-17)10-11-18(19,14-20)15-21/h6-9,20-21H,4-5,10-15,19H2,1-3H3. The van der Waals surface area contributed by atoms with E-state index in [-0.39, 0.29) is 13.2 Å². The van der Waals surface area contributed by atoms with Gasteiger partial charge in [-0.2, -0.15) is 0 Å². The van der Waals surface area contributed by atoms with Gasteiger partial charge >= 0.3 is 0 Å². The molecule has 4 nitrogen and oxygen atoms in total. The summed E-state index contributed by atoms with van der Waals surface area (Å²) in [5.41, 5.74) is 6.11. The summed E-state index contributed by atoms with van der Waals surface area (Å²) in [5.74, 6) is 0.894. The Labute approximate surface area is 141 Å². The minimum absolute atomic E-state index is 0.206. The van der Waals surface area contributed by atoms with Crippen molar-refractivity contribution in [1.29, 1.82) is 0 Å². The highest BCUT2D eigenvalue weighted by Gasteiger charge is 2.22. The van der Waals surface area contributed by atoms with Crippen molar-refractivity contribution in [1.82, 2.24) is 0 Å². The maximum Gasteiger partial charge on any atom is 0.119 e. The third-order valence-corrected chi connectivity index (χ3v) is 5.91. The van der Waals surface area contributed by atoms with Gasteiger partial charge in [-0.15, -0.1) is 0 Å². The molecule has 0 saturated heterocycles. The Bertz CT molecular complexity index is 439. The number of benzene rings is 1. The van der Waals surface area contributed by atoms with Gasteiger partial charge in [-0.05, 0) is 37.0 Å². The van der Waals surface area contributed by atoms with Crippen LogP contribution in [-0.4, -0.2) is 43.6 Å². The lowest BCUT2D eigenvalue weighted by atomic mass is 9.94. The number of hydrogen-bond donors (Lipinski definition) is 3. The molecule has 132 valence electrons. The van der Waals surface area contributed by atoms with Crippen LogP contribution in [-0.2, 0) is 6.42 Å². The van der Waals surface area contributed by atoms with Crippen LogP contribution in [0.1, 0.15) is 24.8 Å². The first-order chi connectivity index (χ1) is 10.8. The lowest BCUT2D eigenvalue weighted by molar-refractivity contribution is 0.115. The first-order valence-electron chi connectivity index (χ1n) is 8.50. The van der Waals surface area contributed by atoms with Crippen molar-refractivity contribution in [2.45, 2.75) is 56.9 Å². The van der Waals surface area contributed by atoms with Crippen LogP contribution in [0.3, 0.4) is 0 Å². The molecule has 1 rings (SSSR count). The van der Waals surface area contributed by atoms with Gasteiger partial charge in [-0.3, -0.25) is 0 Å². The molecule has 0 fully saturated rings. The van der Waals surface area contributed by atoms with Crippen LogP contribution in [0, 0.1) is 0 Å². The molecule has 0 aliphatic heterocycles. The van der Waals surface area contributed by atoms with E-state index in [0.717, 1.165) is 30.8 Å². The van der Waals surface area contributed by atoms with Crippen molar-refractivity contribution in [2.24, 2.45) is 5.73 Å². The van der Waals surface area contributed by atoms with E-state index in [4.69, 9.17) is 10.5 Å². The Morgan fingerprint density at radius 3 is 2.17 bits per heavy atom. The minimum atomic E-state index is -0.927. The number of ether oxygens (including phenoxy) is 1. The zero-order chi connectivity index (χ0) is 17.3. The first kappa shape index (κ1) is 20.2. The van der Waals surface area contributed by atoms with E-state index in [1.165, 1.54) is 12.5 Å². The summed E-state index contributed by atoms with van der Waals surface area (Å²) in [6.07, 6.45) is 3.63. The summed E-state index contributed by atoms with van der Waals surface area (Å²) in [6, 6.07) is 9.35. The van der Waals surface area contributed by atoms with Crippen LogP contribution in [0.15, 0.2) is 24.3 Å². The van der Waals surface area contributed by atoms with Crippen molar-refractivity contribution >= 4 is 8.07 Å². The molecule has 0 aromatic heterocycles. The second kappa shape index (κ2) is 9.42. The van der Waals surface area contributed by atoms with Crippen LogP contribution < -0.4 is 10.5 Å². The van der Waals surface area contributed by atoms with E-state index in [1.54, 1.807) is 0 Å². The lowest BCUT2D eigenvalue weighted by Gasteiger charge is -2.24. The van der Waals surface area contributed by atoms with Crippen LogP contribution in [0.25, 0.3) is 0 Å². The number of aliphatic hydroxyl groups is 2. The molecule has 0 bridgehead atoms. The summed E-state index contributed by atoms with van der Waals surface area (Å²) in [6.45, 7) is 7.55. The van der Waals surface area contributed by atoms with Gasteiger partial charge in [0.25, 0.3) is 0 Å². The highest BCUT2D eigenvalue weighted by molar-refractivity contribution is 6.76. The smallest absolute Gasteiger partial charge is 0.119 e. The van der Waals surface area contributed by atoms with Gasteiger partial charge in [0.15, 0.2) is 0 Å². The van der Waals surface area contributed by atoms with Crippen molar-refractivity contribution in [2.75, 3.05) is 19.8 Å². The predicted octanol–water partition coefficient (Wildman–Crippen LogP) is 2.80. The monoisotopic (exact) mass is 339 g/mol. The van der Waals surface area contributed by atoms with E-state index >= 15 is 0 Å². The number of rotatable bonds is 11. The molecular weight excluding hydrogens is 306 g/mol. The summed E-state index contributed by atoms with van der Waals surface area (Å²) in [4.78, 5) is 0. The number of nitrogens with two attached hydrogens (primary N) is 1. The van der Waals surface area contributed by atoms with Crippen LogP contribution in [0.4, 0.5) is 0 Å². The molecule has 0 unspecified atom stereocenters. The van der Waals surface area contributed by atoms with Crippen molar-refractivity contribution < 1.29 is 14.9 Å². The van der Waals surface area contributed by atoms with Gasteiger partial charge in [0.1, 0.15) is 5.75 Å². The lowest BCUT2D eigenvalue weighted by Crippen LogP contribution is -2.47. The normalized spacial score (nSPS) is 12.4. The van der Waals surface area contributed by atoms with Gasteiger partial charge in [0, 0.05) is 8.07 Å². The molecule has 1 aromatic rings. The van der Waals surface area contributed by atoms with Gasteiger partial charge in [-0.25, -0.2) is 0 Å². The van der Waals surface area contributed by atoms with E-state index in [9.17, 15) is 10.2 Å². The molecule has 5 heteroatoms. The highest BCUT2D eigenvalue weighted by atomic mass is 28.3. The molecule has 0 aliphatic rings. The van der Waals surface area contributed by atoms with E-state index in [1.807, 2.05) is 24.3 Å². The molecule has 0 amide bonds. The van der Waals surface area contributed by atoms with E-state index in [2.05, 4.69) is 19.6 Å². The van der Waals surface area contributed by atoms with E-state index in [0.29, 0.717) is 6.42 Å². The highest BCUT2D eigenvalue weighted by Crippen LogP contribution is 2.17. The number of hydrogen-bond acceptors (Lipinski definition) is 4. The number of aryl methyl sites for hydroxylation is 1. The maximum atomic E-state index is 9.20. The largest absolute Gasteiger partial charge is 0.494 e. The van der Waals surface area contributed by atoms with Gasteiger partial charge in [0.2, 0.25) is 0 Å². The Hall–Kier alpha value is -0.883. The molecular formula is C18H33NO3Si. The molecule has 1 aromatic carbocycles. The molecule has 0 aliphatic carbocycles. The van der Waals surface area contributed by atoms with Gasteiger partial charge in [0.05, 0.1) is 25.4 Å². The van der Waals surface area contributed by atoms with Gasteiger partial charge < -0.3 is 20.7 Å². The molecule has 0 heterocycles. The third-order valence-electron chi connectivity index (χ3n) is 4.05. The third kappa shape index (κ3) is 8.51. The number of unbranched alkanes of at least 4 members (excludes halogenated alkanes) is 1. The van der Waals surface area contributed by atoms with Crippen LogP contribution >= 0.6 is 0 Å². The molecule has 0 saturated carbocycles. The molecule has 23 heavy (non-hydrogen) atoms. The van der Waals surface area contributed by atoms with Crippen LogP contribution in [0.5, 0.6) is 5.75 Å². The molecule has 4 N–H and O–H groups in total. The fourth-order valence-corrected chi connectivity index (χ4v) is 3.61. The van der Waals surface area contributed by atoms with Crippen LogP contribution in [0.2, 0.25) is 25.7 Å². The Morgan fingerprint density at radius 1 is 1.04 bits per heavy atom. The Kier molecular flexibility index (Phi) is 8.26.